The number of benzene rings is 10. The zero-order chi connectivity index (χ0) is 41.8. The number of aromatic nitrogens is 1. The average molecular weight is 809 g/mol. The summed E-state index contributed by atoms with van der Waals surface area (Å²) in [6.45, 7) is 4.70. The van der Waals surface area contributed by atoms with E-state index in [1.54, 1.807) is 0 Å². The molecule has 0 atom stereocenters. The molecule has 0 fully saturated rings. The van der Waals surface area contributed by atoms with Gasteiger partial charge in [-0.1, -0.05) is 135 Å². The molecule has 63 heavy (non-hydrogen) atoms. The Kier molecular flexibility index (Phi) is 7.62. The Morgan fingerprint density at radius 2 is 1.00 bits per heavy atom. The van der Waals surface area contributed by atoms with E-state index in [2.05, 4.69) is 205 Å². The number of ether oxygens (including phenoxy) is 2. The van der Waals surface area contributed by atoms with E-state index in [0.29, 0.717) is 11.5 Å². The van der Waals surface area contributed by atoms with E-state index in [1.165, 1.54) is 43.8 Å². The first-order valence-corrected chi connectivity index (χ1v) is 21.7. The molecular weight excluding hydrogens is 769 g/mol. The number of nitrogens with zero attached hydrogens (tertiary/aromatic N) is 2. The van der Waals surface area contributed by atoms with Gasteiger partial charge < -0.3 is 18.9 Å². The van der Waals surface area contributed by atoms with Crippen molar-refractivity contribution in [2.24, 2.45) is 0 Å². The molecule has 0 radical (unpaired) electrons. The summed E-state index contributed by atoms with van der Waals surface area (Å²) in [4.78, 5) is 2.41. The fourth-order valence-corrected chi connectivity index (χ4v) is 10.3. The first kappa shape index (κ1) is 35.7. The van der Waals surface area contributed by atoms with Gasteiger partial charge in [-0.25, -0.2) is 0 Å². The van der Waals surface area contributed by atoms with E-state index in [0.717, 1.165) is 67.2 Å². The van der Waals surface area contributed by atoms with Crippen LogP contribution in [0.4, 0.5) is 17.1 Å². The number of anilines is 3. The van der Waals surface area contributed by atoms with Crippen LogP contribution in [0.5, 0.6) is 23.0 Å². The molecular formula is C59H40N2O2. The minimum Gasteiger partial charge on any atom is -0.449 e. The fourth-order valence-electron chi connectivity index (χ4n) is 10.3. The maximum absolute atomic E-state index is 6.43. The molecule has 4 nitrogen and oxygen atoms in total. The first-order valence-electron chi connectivity index (χ1n) is 21.7. The zero-order valence-electron chi connectivity index (χ0n) is 34.8. The van der Waals surface area contributed by atoms with Crippen molar-refractivity contribution in [3.05, 3.63) is 217 Å². The monoisotopic (exact) mass is 808 g/mol. The lowest BCUT2D eigenvalue weighted by atomic mass is 9.82. The molecule has 10 aromatic carbocycles. The van der Waals surface area contributed by atoms with E-state index in [9.17, 15) is 0 Å². The van der Waals surface area contributed by atoms with Crippen LogP contribution in [0.15, 0.2) is 206 Å². The van der Waals surface area contributed by atoms with Gasteiger partial charge in [0.1, 0.15) is 0 Å². The molecule has 2 aliphatic rings. The Balaban J connectivity index is 0.941. The Morgan fingerprint density at radius 1 is 0.381 bits per heavy atom. The van der Waals surface area contributed by atoms with E-state index in [4.69, 9.17) is 9.47 Å². The van der Waals surface area contributed by atoms with Crippen molar-refractivity contribution in [2.75, 3.05) is 4.90 Å². The Morgan fingerprint density at radius 3 is 1.84 bits per heavy atom. The van der Waals surface area contributed by atoms with Gasteiger partial charge in [-0.3, -0.25) is 0 Å². The molecule has 0 N–H and O–H groups in total. The van der Waals surface area contributed by atoms with Crippen LogP contribution in [-0.2, 0) is 5.41 Å². The van der Waals surface area contributed by atoms with E-state index < -0.39 is 0 Å². The van der Waals surface area contributed by atoms with E-state index in [1.807, 2.05) is 24.3 Å². The summed E-state index contributed by atoms with van der Waals surface area (Å²) in [5.41, 5.74) is 14.1. The molecule has 0 amide bonds. The third-order valence-corrected chi connectivity index (χ3v) is 13.4. The number of hydrogen-bond donors (Lipinski definition) is 0. The smallest absolute Gasteiger partial charge is 0.172 e. The molecule has 0 bridgehead atoms. The summed E-state index contributed by atoms with van der Waals surface area (Å²) < 4.78 is 15.2. The van der Waals surface area contributed by atoms with Crippen molar-refractivity contribution in [3.8, 4) is 50.9 Å². The average Bonchev–Trinajstić information content (AvgIpc) is 3.77. The van der Waals surface area contributed by atoms with Gasteiger partial charge >= 0.3 is 0 Å². The van der Waals surface area contributed by atoms with E-state index >= 15 is 0 Å². The lowest BCUT2D eigenvalue weighted by Gasteiger charge is -2.28. The molecule has 1 aromatic heterocycles. The molecule has 11 aromatic rings. The number of rotatable bonds is 5. The molecule has 298 valence electrons. The molecule has 0 spiro atoms. The standard InChI is InChI=1S/C59H40N2O2/c1-59(2)51-17-9-8-16-47(51)48-30-28-44(34-52(48)59)60(43-27-29-46-40(32-43)21-20-38-12-6-7-15-45(38)46)42-25-22-37(23-26-42)39-24-31-53-49(33-39)50-35-57-58(63-56-19-11-10-18-55(56)62-57)36-54(50)61(53)41-13-4-3-5-14-41/h3-36H,1-2H3. The minimum atomic E-state index is -0.120. The largest absolute Gasteiger partial charge is 0.449 e. The van der Waals surface area contributed by atoms with Gasteiger partial charge in [0.25, 0.3) is 0 Å². The maximum Gasteiger partial charge on any atom is 0.172 e. The first-order chi connectivity index (χ1) is 31.0. The second kappa shape index (κ2) is 13.5. The maximum atomic E-state index is 6.43. The van der Waals surface area contributed by atoms with Crippen molar-refractivity contribution >= 4 is 60.4 Å². The van der Waals surface area contributed by atoms with E-state index in [-0.39, 0.29) is 5.41 Å². The van der Waals surface area contributed by atoms with Crippen LogP contribution < -0.4 is 14.4 Å². The molecule has 0 unspecified atom stereocenters. The van der Waals surface area contributed by atoms with Crippen LogP contribution in [0, 0.1) is 0 Å². The van der Waals surface area contributed by atoms with Gasteiger partial charge in [0.15, 0.2) is 23.0 Å². The Hall–Kier alpha value is -8.08. The zero-order valence-corrected chi connectivity index (χ0v) is 34.8. The highest BCUT2D eigenvalue weighted by molar-refractivity contribution is 6.12. The highest BCUT2D eigenvalue weighted by Gasteiger charge is 2.36. The van der Waals surface area contributed by atoms with Crippen molar-refractivity contribution in [2.45, 2.75) is 19.3 Å². The highest BCUT2D eigenvalue weighted by Crippen LogP contribution is 2.52. The van der Waals surface area contributed by atoms with Crippen molar-refractivity contribution in [1.82, 2.24) is 4.57 Å². The van der Waals surface area contributed by atoms with Crippen LogP contribution in [0.1, 0.15) is 25.0 Å². The van der Waals surface area contributed by atoms with Gasteiger partial charge in [0.2, 0.25) is 0 Å². The van der Waals surface area contributed by atoms with Crippen molar-refractivity contribution in [1.29, 1.82) is 0 Å². The van der Waals surface area contributed by atoms with Gasteiger partial charge in [-0.2, -0.15) is 0 Å². The Labute approximate surface area is 365 Å². The summed E-state index contributed by atoms with van der Waals surface area (Å²) in [5.74, 6) is 2.86. The third kappa shape index (κ3) is 5.48. The number of fused-ring (bicyclic) bond motifs is 11. The summed E-state index contributed by atoms with van der Waals surface area (Å²) in [5, 5.41) is 7.24. The number of hydrogen-bond acceptors (Lipinski definition) is 3. The molecule has 2 heterocycles. The Bertz CT molecular complexity index is 3660. The SMILES string of the molecule is CC1(C)c2ccccc2-c2ccc(N(c3ccc(-c4ccc5c(c4)c4cc6c(cc4n5-c4ccccc4)Oc4ccccc4O6)cc3)c3ccc4c(ccc5ccccc54)c3)cc21. The topological polar surface area (TPSA) is 26.6 Å². The fraction of sp³-hybridized carbons (Fsp3) is 0.0508. The molecule has 13 rings (SSSR count). The van der Waals surface area contributed by atoms with Crippen LogP contribution in [0.3, 0.4) is 0 Å². The van der Waals surface area contributed by atoms with Gasteiger partial charge in [-0.15, -0.1) is 0 Å². The molecule has 0 saturated heterocycles. The van der Waals surface area contributed by atoms with Crippen molar-refractivity contribution in [3.63, 3.8) is 0 Å². The molecule has 1 aliphatic carbocycles. The normalized spacial score (nSPS) is 13.3. The summed E-state index contributed by atoms with van der Waals surface area (Å²) in [7, 11) is 0. The van der Waals surface area contributed by atoms with Gasteiger partial charge in [0.05, 0.1) is 11.0 Å². The van der Waals surface area contributed by atoms with Crippen LogP contribution >= 0.6 is 0 Å². The number of para-hydroxylation sites is 3. The molecule has 0 saturated carbocycles. The second-order valence-electron chi connectivity index (χ2n) is 17.3. The predicted molar refractivity (Wildman–Crippen MR) is 260 cm³/mol. The summed E-state index contributed by atoms with van der Waals surface area (Å²) >= 11 is 0. The lowest BCUT2D eigenvalue weighted by Crippen LogP contribution is -2.16. The summed E-state index contributed by atoms with van der Waals surface area (Å²) in [6, 6.07) is 74.4. The third-order valence-electron chi connectivity index (χ3n) is 13.4. The van der Waals surface area contributed by atoms with Gasteiger partial charge in [-0.05, 0) is 134 Å². The highest BCUT2D eigenvalue weighted by atomic mass is 16.6. The molecule has 1 aliphatic heterocycles. The van der Waals surface area contributed by atoms with Gasteiger partial charge in [0, 0.05) is 45.0 Å². The minimum absolute atomic E-state index is 0.120. The van der Waals surface area contributed by atoms with Crippen LogP contribution in [0.25, 0.3) is 71.3 Å². The molecule has 4 heteroatoms. The second-order valence-corrected chi connectivity index (χ2v) is 17.3. The van der Waals surface area contributed by atoms with Crippen molar-refractivity contribution < 1.29 is 9.47 Å². The van der Waals surface area contributed by atoms with Crippen LogP contribution in [-0.4, -0.2) is 4.57 Å². The summed E-state index contributed by atoms with van der Waals surface area (Å²) in [6.07, 6.45) is 0. The quantitative estimate of drug-likeness (QED) is 0.162. The lowest BCUT2D eigenvalue weighted by molar-refractivity contribution is 0.360. The van der Waals surface area contributed by atoms with Crippen LogP contribution in [0.2, 0.25) is 0 Å². The predicted octanol–water partition coefficient (Wildman–Crippen LogP) is 16.4.